The summed E-state index contributed by atoms with van der Waals surface area (Å²) in [5, 5.41) is 22.8. The van der Waals surface area contributed by atoms with Gasteiger partial charge in [0.15, 0.2) is 0 Å². The number of nitrogens with one attached hydrogen (secondary N) is 1. The fraction of sp³-hybridized carbons (Fsp3) is 0.351. The molecule has 50 heavy (non-hydrogen) atoms. The number of nitrogens with zero attached hydrogens (tertiary/aromatic N) is 4. The molecule has 7 rings (SSSR count). The number of carbonyl (C=O) groups excluding carboxylic acids is 2. The molecular formula is C37H37ClInN5O6. The molecule has 6 bridgehead atoms. The summed E-state index contributed by atoms with van der Waals surface area (Å²) in [5.41, 5.74) is 11.5. The fourth-order valence-electron chi connectivity index (χ4n) is 8.28. The Hall–Kier alpha value is -4.16. The standard InChI is InChI=1S/C37H39N5O6.ClH.In/c1-7-20-16(3)24-12-26-18(5)22(9-10-32(44)40-30(37(47)48)15-33(45)46)35(41-26)23-11-31(43)34-19(6)27(42-36(23)34)14-29-21(8-2)17(4)25(39-29)13-28(20)38-24;;/h7,12-14,18,22,30H,1,8-11,15H2,2-6H3,(H5,38,39,40,41,42,43,44,45,46,47,48);1H;/q;;+3/p-3/t18-,22-,30?;;/m0../s1. The van der Waals surface area contributed by atoms with E-state index in [1.54, 1.807) is 0 Å². The molecule has 0 radical (unpaired) electrons. The van der Waals surface area contributed by atoms with Gasteiger partial charge in [0.25, 0.3) is 0 Å². The Morgan fingerprint density at radius 1 is 1.12 bits per heavy atom. The monoisotopic (exact) mass is 797 g/mol. The quantitative estimate of drug-likeness (QED) is 0.347. The molecule has 1 amide bonds. The number of fused-ring (bicyclic) bond motifs is 2. The zero-order chi connectivity index (χ0) is 35.9. The fourth-order valence-corrected chi connectivity index (χ4v) is 17.2. The second-order valence-electron chi connectivity index (χ2n) is 13.6. The maximum absolute atomic E-state index is 14.0. The molecule has 3 atom stereocenters. The van der Waals surface area contributed by atoms with E-state index in [4.69, 9.17) is 23.7 Å². The number of aliphatic carboxylic acids is 2. The molecular weight excluding hydrogens is 761 g/mol. The number of hydrogen-bond acceptors (Lipinski definition) is 6. The van der Waals surface area contributed by atoms with E-state index < -0.39 is 51.1 Å². The van der Waals surface area contributed by atoms with E-state index in [2.05, 4.69) is 62.9 Å². The third kappa shape index (κ3) is 5.16. The molecule has 5 aliphatic rings. The Labute approximate surface area is 300 Å². The Balaban J connectivity index is 1.47. The zero-order valence-corrected chi connectivity index (χ0v) is 32.6. The third-order valence-electron chi connectivity index (χ3n) is 10.9. The van der Waals surface area contributed by atoms with Crippen molar-refractivity contribution in [2.75, 3.05) is 0 Å². The molecule has 0 aromatic carbocycles. The summed E-state index contributed by atoms with van der Waals surface area (Å²) in [7, 11) is 7.88. The van der Waals surface area contributed by atoms with Crippen LogP contribution in [0.25, 0.3) is 29.9 Å². The van der Waals surface area contributed by atoms with E-state index in [1.807, 2.05) is 13.0 Å². The van der Waals surface area contributed by atoms with Crippen LogP contribution in [0.1, 0.15) is 91.3 Å². The summed E-state index contributed by atoms with van der Waals surface area (Å²) in [6, 6.07) is -1.54. The summed E-state index contributed by atoms with van der Waals surface area (Å²) in [5.74, 6) is -3.71. The van der Waals surface area contributed by atoms with Gasteiger partial charge in [-0.3, -0.25) is 4.79 Å². The van der Waals surface area contributed by atoms with Crippen LogP contribution in [0.3, 0.4) is 0 Å². The number of allylic oxidation sites excluding steroid dienone is 4. The first-order valence-corrected chi connectivity index (χ1v) is 23.9. The van der Waals surface area contributed by atoms with Crippen LogP contribution < -0.4 is 16.0 Å². The second-order valence-corrected chi connectivity index (χ2v) is 20.9. The van der Waals surface area contributed by atoms with Crippen LogP contribution >= 0.6 is 8.58 Å². The number of ketones is 1. The topological polar surface area (TPSA) is 155 Å². The van der Waals surface area contributed by atoms with Gasteiger partial charge in [-0.05, 0) is 0 Å². The second kappa shape index (κ2) is 12.6. The van der Waals surface area contributed by atoms with Crippen LogP contribution in [-0.4, -0.2) is 77.2 Å². The molecule has 13 heteroatoms. The number of hydrogen-bond donors (Lipinski definition) is 3. The summed E-state index contributed by atoms with van der Waals surface area (Å²) in [6.45, 7) is 14.5. The number of carboxylic acids is 2. The van der Waals surface area contributed by atoms with Gasteiger partial charge in [-0.15, -0.1) is 0 Å². The van der Waals surface area contributed by atoms with Crippen molar-refractivity contribution in [3.63, 3.8) is 0 Å². The van der Waals surface area contributed by atoms with Crippen LogP contribution in [0.5, 0.6) is 0 Å². The van der Waals surface area contributed by atoms with E-state index in [0.717, 1.165) is 84.7 Å². The van der Waals surface area contributed by atoms with E-state index in [9.17, 15) is 24.3 Å². The number of rotatable bonds is 9. The van der Waals surface area contributed by atoms with Crippen LogP contribution in [0.2, 0.25) is 0 Å². The Kier molecular flexibility index (Phi) is 8.61. The summed E-state index contributed by atoms with van der Waals surface area (Å²) in [4.78, 5) is 60.2. The van der Waals surface area contributed by atoms with Crippen LogP contribution in [0.4, 0.5) is 0 Å². The number of amides is 1. The van der Waals surface area contributed by atoms with Crippen molar-refractivity contribution in [3.8, 4) is 0 Å². The van der Waals surface area contributed by atoms with Gasteiger partial charge in [0.1, 0.15) is 0 Å². The molecule has 0 spiro atoms. The number of Topliss-reactive ketones (excluding diaryl/α,β-unsaturated/α-hetero) is 1. The molecule has 2 aromatic heterocycles. The van der Waals surface area contributed by atoms with Gasteiger partial charge in [-0.2, -0.15) is 0 Å². The van der Waals surface area contributed by atoms with Crippen molar-refractivity contribution >= 4 is 94.3 Å². The molecule has 256 valence electrons. The van der Waals surface area contributed by atoms with Gasteiger partial charge in [-0.1, -0.05) is 0 Å². The average molecular weight is 798 g/mol. The predicted molar refractivity (Wildman–Crippen MR) is 194 cm³/mol. The number of halogens is 1. The molecule has 6 heterocycles. The van der Waals surface area contributed by atoms with Crippen LogP contribution in [0.15, 0.2) is 39.1 Å². The van der Waals surface area contributed by atoms with Crippen molar-refractivity contribution in [2.45, 2.75) is 72.8 Å². The molecule has 11 nitrogen and oxygen atoms in total. The maximum atomic E-state index is 14.0. The first kappa shape index (κ1) is 34.3. The molecule has 1 unspecified atom stereocenters. The van der Waals surface area contributed by atoms with Gasteiger partial charge < -0.3 is 5.11 Å². The van der Waals surface area contributed by atoms with E-state index in [0.29, 0.717) is 12.0 Å². The minimum atomic E-state index is -3.70. The Morgan fingerprint density at radius 3 is 2.52 bits per heavy atom. The van der Waals surface area contributed by atoms with Crippen molar-refractivity contribution in [3.05, 3.63) is 73.5 Å². The summed E-state index contributed by atoms with van der Waals surface area (Å²) in [6.07, 6.45) is 8.66. The molecule has 0 saturated heterocycles. The SMILES string of the molecule is C=Cc1c(C)c2[n]3c1=CC1=NC(=Cc4c(C)c5c([n]4[In]3[Cl])C(=C3N=C(C=2)[C@@H](C)[C@@H]3CCC(=O)NC(CC(=O)O)C(=O)O)CC5=O)C(CC)=C1C. The number of carboxylic acid groups (broad SMARTS) is 2. The van der Waals surface area contributed by atoms with Gasteiger partial charge in [0.05, 0.1) is 0 Å². The van der Waals surface area contributed by atoms with Crippen molar-refractivity contribution < 1.29 is 29.4 Å². The van der Waals surface area contributed by atoms with Crippen molar-refractivity contribution in [1.82, 2.24) is 10.4 Å². The summed E-state index contributed by atoms with van der Waals surface area (Å²) < 4.78 is 4.53. The Bertz CT molecular complexity index is 2280. The molecule has 0 fully saturated rings. The van der Waals surface area contributed by atoms with Gasteiger partial charge in [-0.25, -0.2) is 0 Å². The first-order valence-electron chi connectivity index (χ1n) is 16.8. The van der Waals surface area contributed by atoms with Gasteiger partial charge in [0.2, 0.25) is 0 Å². The molecule has 1 aliphatic carbocycles. The number of aliphatic imine (C=N–C) groups is 2. The predicted octanol–water partition coefficient (Wildman–Crippen LogP) is 4.11. The van der Waals surface area contributed by atoms with Gasteiger partial charge >= 0.3 is 292 Å². The Morgan fingerprint density at radius 2 is 1.86 bits per heavy atom. The molecule has 3 N–H and O–H groups in total. The number of carbonyl (C=O) groups is 4. The van der Waals surface area contributed by atoms with Crippen molar-refractivity contribution in [1.29, 1.82) is 0 Å². The van der Waals surface area contributed by atoms with E-state index >= 15 is 0 Å². The zero-order valence-electron chi connectivity index (χ0n) is 28.6. The van der Waals surface area contributed by atoms with Crippen LogP contribution in [-0.2, 0) is 14.4 Å². The van der Waals surface area contributed by atoms with E-state index in [-0.39, 0.29) is 30.5 Å². The minimum absolute atomic E-state index is 0.00190. The summed E-state index contributed by atoms with van der Waals surface area (Å²) >= 11 is -3.70. The average Bonchev–Trinajstić information content (AvgIpc) is 3.79. The first-order chi connectivity index (χ1) is 23.8. The molecule has 4 aliphatic heterocycles. The van der Waals surface area contributed by atoms with Crippen molar-refractivity contribution in [2.24, 2.45) is 21.8 Å². The van der Waals surface area contributed by atoms with Gasteiger partial charge in [0, 0.05) is 0 Å². The molecule has 0 saturated carbocycles. The third-order valence-corrected chi connectivity index (χ3v) is 19.0. The van der Waals surface area contributed by atoms with E-state index in [1.165, 1.54) is 0 Å². The normalized spacial score (nSPS) is 20.6. The van der Waals surface area contributed by atoms with Crippen LogP contribution in [0, 0.1) is 25.7 Å². The molecule has 2 aromatic rings. The number of aromatic nitrogens is 2.